The number of hydrogen-bond acceptors (Lipinski definition) is 8. The van der Waals surface area contributed by atoms with Crippen LogP contribution >= 0.6 is 12.6 Å². The largest absolute Gasteiger partial charge is 0.491 e. The molecule has 0 radical (unpaired) electrons. The monoisotopic (exact) mass is 522 g/mol. The standard InChI is InChI=1S/C23H35N3O5.C2H6.CHNS/c1-18(2)7-6-10-25-22(27)17-29-13-14-30-19(3)16-31-21-9-5-8-20(15-21)23(28)26-12-11-24-4;1-2;2-1-3/h5,8-9,15,18-19,24H,10-14,16-17H2,1-4H3,(H,25,27)(H,26,28);1-2H3;3H. The van der Waals surface area contributed by atoms with Gasteiger partial charge in [-0.2, -0.15) is 5.26 Å². The molecule has 1 aromatic rings. The zero-order valence-corrected chi connectivity index (χ0v) is 23.2. The van der Waals surface area contributed by atoms with Crippen molar-refractivity contribution in [2.45, 2.75) is 40.7 Å². The van der Waals surface area contributed by atoms with Gasteiger partial charge in [0.25, 0.3) is 5.91 Å². The van der Waals surface area contributed by atoms with Gasteiger partial charge in [0, 0.05) is 24.6 Å². The van der Waals surface area contributed by atoms with Crippen molar-refractivity contribution in [3.05, 3.63) is 29.8 Å². The number of ether oxygens (including phenoxy) is 3. The van der Waals surface area contributed by atoms with Crippen LogP contribution < -0.4 is 20.7 Å². The van der Waals surface area contributed by atoms with Gasteiger partial charge in [0.2, 0.25) is 5.91 Å². The molecule has 1 atom stereocenters. The molecule has 0 aliphatic carbocycles. The maximum absolute atomic E-state index is 12.1. The molecule has 0 bridgehead atoms. The summed E-state index contributed by atoms with van der Waals surface area (Å²) in [5, 5.41) is 17.1. The predicted octanol–water partition coefficient (Wildman–Crippen LogP) is 2.64. The van der Waals surface area contributed by atoms with Gasteiger partial charge in [-0.15, -0.1) is 0 Å². The number of nitriles is 1. The average molecular weight is 523 g/mol. The number of carbonyl (C=O) groups is 2. The third kappa shape index (κ3) is 21.8. The Morgan fingerprint density at radius 3 is 2.44 bits per heavy atom. The van der Waals surface area contributed by atoms with E-state index >= 15 is 0 Å². The van der Waals surface area contributed by atoms with Crippen LogP contribution in [0.15, 0.2) is 24.3 Å². The fourth-order valence-corrected chi connectivity index (χ4v) is 2.31. The van der Waals surface area contributed by atoms with Crippen LogP contribution in [-0.4, -0.2) is 71.0 Å². The van der Waals surface area contributed by atoms with E-state index in [1.54, 1.807) is 24.3 Å². The van der Waals surface area contributed by atoms with Crippen LogP contribution in [0.2, 0.25) is 0 Å². The maximum Gasteiger partial charge on any atom is 0.251 e. The zero-order valence-electron chi connectivity index (χ0n) is 22.3. The molecule has 1 rings (SSSR count). The predicted molar refractivity (Wildman–Crippen MR) is 146 cm³/mol. The summed E-state index contributed by atoms with van der Waals surface area (Å²) < 4.78 is 16.6. The average Bonchev–Trinajstić information content (AvgIpc) is 2.87. The molecule has 0 aliphatic rings. The first kappa shape index (κ1) is 35.4. The lowest BCUT2D eigenvalue weighted by Crippen LogP contribution is -2.30. The topological polar surface area (TPSA) is 122 Å². The molecule has 0 saturated heterocycles. The second kappa shape index (κ2) is 25.3. The zero-order chi connectivity index (χ0) is 27.6. The molecule has 0 heterocycles. The second-order valence-electron chi connectivity index (χ2n) is 7.28. The van der Waals surface area contributed by atoms with E-state index in [0.717, 1.165) is 0 Å². The lowest BCUT2D eigenvalue weighted by Gasteiger charge is -2.15. The van der Waals surface area contributed by atoms with Crippen molar-refractivity contribution in [1.82, 2.24) is 16.0 Å². The molecule has 0 spiro atoms. The summed E-state index contributed by atoms with van der Waals surface area (Å²) >= 11 is 3.09. The van der Waals surface area contributed by atoms with Gasteiger partial charge in [-0.1, -0.05) is 58.2 Å². The second-order valence-corrected chi connectivity index (χ2v) is 7.48. The number of carbonyl (C=O) groups excluding carboxylic acids is 2. The van der Waals surface area contributed by atoms with Crippen molar-refractivity contribution in [3.63, 3.8) is 0 Å². The van der Waals surface area contributed by atoms with Gasteiger partial charge >= 0.3 is 0 Å². The molecule has 0 fully saturated rings. The minimum atomic E-state index is -0.204. The first-order chi connectivity index (χ1) is 17.3. The highest BCUT2D eigenvalue weighted by atomic mass is 32.1. The molecule has 0 aliphatic heterocycles. The van der Waals surface area contributed by atoms with Crippen molar-refractivity contribution in [3.8, 4) is 23.0 Å². The molecule has 2 amide bonds. The Morgan fingerprint density at radius 2 is 1.81 bits per heavy atom. The molecule has 202 valence electrons. The Kier molecular flexibility index (Phi) is 24.9. The summed E-state index contributed by atoms with van der Waals surface area (Å²) in [6.07, 6.45) is -0.170. The van der Waals surface area contributed by atoms with Crippen molar-refractivity contribution < 1.29 is 23.8 Å². The fraction of sp³-hybridized carbons (Fsp3) is 0.577. The Balaban J connectivity index is 0. The van der Waals surface area contributed by atoms with Crippen LogP contribution in [0.1, 0.15) is 45.0 Å². The molecule has 3 N–H and O–H groups in total. The summed E-state index contributed by atoms with van der Waals surface area (Å²) in [5.74, 6) is 6.39. The molecule has 36 heavy (non-hydrogen) atoms. The van der Waals surface area contributed by atoms with E-state index in [1.165, 1.54) is 5.40 Å². The smallest absolute Gasteiger partial charge is 0.251 e. The van der Waals surface area contributed by atoms with Gasteiger partial charge in [-0.25, -0.2) is 0 Å². The number of likely N-dealkylation sites (N-methyl/N-ethyl adjacent to an activating group) is 1. The summed E-state index contributed by atoms with van der Waals surface area (Å²) in [6.45, 7) is 12.4. The first-order valence-electron chi connectivity index (χ1n) is 12.0. The Hall–Kier alpha value is -2.76. The SMILES string of the molecule is CC.CNCCNC(=O)c1cccc(OCC(C)OCCOCC(=O)NCC#CC(C)C)c1.N#CS. The molecule has 1 aromatic carbocycles. The van der Waals surface area contributed by atoms with E-state index in [2.05, 4.69) is 40.4 Å². The molecular weight excluding hydrogens is 480 g/mol. The fourth-order valence-electron chi connectivity index (χ4n) is 2.31. The minimum Gasteiger partial charge on any atom is -0.491 e. The highest BCUT2D eigenvalue weighted by Gasteiger charge is 2.08. The lowest BCUT2D eigenvalue weighted by molar-refractivity contribution is -0.126. The molecule has 9 nitrogen and oxygen atoms in total. The van der Waals surface area contributed by atoms with E-state index in [1.807, 2.05) is 41.7 Å². The van der Waals surface area contributed by atoms with Gasteiger partial charge in [-0.3, -0.25) is 9.59 Å². The minimum absolute atomic E-state index is 0.0270. The normalized spacial score (nSPS) is 10.2. The van der Waals surface area contributed by atoms with Crippen LogP contribution in [0.3, 0.4) is 0 Å². The maximum atomic E-state index is 12.1. The van der Waals surface area contributed by atoms with Crippen LogP contribution in [-0.2, 0) is 14.3 Å². The number of amides is 2. The first-order valence-corrected chi connectivity index (χ1v) is 12.4. The highest BCUT2D eigenvalue weighted by molar-refractivity contribution is 7.85. The Labute approximate surface area is 222 Å². The number of nitrogens with one attached hydrogen (secondary N) is 3. The van der Waals surface area contributed by atoms with Crippen molar-refractivity contribution in [2.75, 3.05) is 53.1 Å². The van der Waals surface area contributed by atoms with Gasteiger partial charge in [0.05, 0.1) is 25.9 Å². The van der Waals surface area contributed by atoms with Crippen LogP contribution in [0.5, 0.6) is 5.75 Å². The number of hydrogen-bond donors (Lipinski definition) is 4. The molecular formula is C26H42N4O5S. The van der Waals surface area contributed by atoms with Crippen LogP contribution in [0.4, 0.5) is 0 Å². The number of nitrogens with zero attached hydrogens (tertiary/aromatic N) is 1. The molecule has 1 unspecified atom stereocenters. The number of benzene rings is 1. The molecule has 10 heteroatoms. The van der Waals surface area contributed by atoms with Gasteiger partial charge in [0.1, 0.15) is 24.4 Å². The lowest BCUT2D eigenvalue weighted by atomic mass is 10.2. The van der Waals surface area contributed by atoms with E-state index in [4.69, 9.17) is 19.5 Å². The van der Waals surface area contributed by atoms with Gasteiger partial charge in [-0.05, 0) is 32.2 Å². The van der Waals surface area contributed by atoms with Gasteiger partial charge in [0.15, 0.2) is 0 Å². The number of thiocyanates is 1. The molecule has 0 saturated carbocycles. The van der Waals surface area contributed by atoms with E-state index in [9.17, 15) is 9.59 Å². The molecule has 0 aromatic heterocycles. The van der Waals surface area contributed by atoms with E-state index in [-0.39, 0.29) is 30.4 Å². The Bertz CT molecular complexity index is 819. The van der Waals surface area contributed by atoms with Gasteiger partial charge < -0.3 is 30.2 Å². The third-order valence-electron chi connectivity index (χ3n) is 3.87. The highest BCUT2D eigenvalue weighted by Crippen LogP contribution is 2.14. The van der Waals surface area contributed by atoms with E-state index in [0.29, 0.717) is 50.8 Å². The number of rotatable bonds is 14. The Morgan fingerprint density at radius 1 is 1.11 bits per heavy atom. The summed E-state index contributed by atoms with van der Waals surface area (Å²) in [6, 6.07) is 7.02. The summed E-state index contributed by atoms with van der Waals surface area (Å²) in [4.78, 5) is 23.7. The summed E-state index contributed by atoms with van der Waals surface area (Å²) in [7, 11) is 1.83. The third-order valence-corrected chi connectivity index (χ3v) is 3.87. The van der Waals surface area contributed by atoms with Crippen molar-refractivity contribution >= 4 is 24.4 Å². The van der Waals surface area contributed by atoms with Crippen LogP contribution in [0, 0.1) is 28.4 Å². The van der Waals surface area contributed by atoms with Crippen molar-refractivity contribution in [2.24, 2.45) is 5.92 Å². The number of thiol groups is 1. The van der Waals surface area contributed by atoms with Crippen LogP contribution in [0.25, 0.3) is 0 Å². The summed E-state index contributed by atoms with van der Waals surface area (Å²) in [5.41, 5.74) is 0.545. The van der Waals surface area contributed by atoms with E-state index < -0.39 is 0 Å². The van der Waals surface area contributed by atoms with Crippen molar-refractivity contribution in [1.29, 1.82) is 5.26 Å². The quantitative estimate of drug-likeness (QED) is 0.128.